The van der Waals surface area contributed by atoms with Crippen molar-refractivity contribution in [1.82, 2.24) is 25.2 Å². The number of carbonyl (C=O) groups excluding carboxylic acids is 2. The highest BCUT2D eigenvalue weighted by atomic mass is 35.5. The van der Waals surface area contributed by atoms with Crippen LogP contribution in [-0.4, -0.2) is 51.9 Å². The zero-order valence-electron chi connectivity index (χ0n) is 23.0. The molecule has 2 amide bonds. The number of carbonyl (C=O) groups is 2. The van der Waals surface area contributed by atoms with Crippen molar-refractivity contribution in [1.29, 1.82) is 0 Å². The standard InChI is InChI=1S/C29H28Cl3N5O5/c1-16-9-28(39)42-26-13-25(41-2)18(10-20(16)26)3-4-27(38)36-7-5-17(6-8-36)29(40)33-14-19-15-37(35-34-19)24-12-22(31)21(30)11-23(24)32/h9-13,15,17H,3-8,14H2,1-2H3,(H,33,40). The summed E-state index contributed by atoms with van der Waals surface area (Å²) in [6.07, 6.45) is 3.58. The number of fused-ring (bicyclic) bond motifs is 1. The molecule has 1 aliphatic heterocycles. The van der Waals surface area contributed by atoms with Gasteiger partial charge in [0.05, 0.1) is 40.6 Å². The molecule has 1 N–H and O–H groups in total. The van der Waals surface area contributed by atoms with Crippen molar-refractivity contribution < 1.29 is 18.7 Å². The van der Waals surface area contributed by atoms with E-state index in [4.69, 9.17) is 44.0 Å². The smallest absolute Gasteiger partial charge is 0.336 e. The van der Waals surface area contributed by atoms with Crippen LogP contribution in [0.4, 0.5) is 0 Å². The number of ether oxygens (including phenoxy) is 1. The quantitative estimate of drug-likeness (QED) is 0.211. The van der Waals surface area contributed by atoms with Crippen molar-refractivity contribution in [3.8, 4) is 11.4 Å². The van der Waals surface area contributed by atoms with E-state index in [1.165, 1.54) is 16.8 Å². The lowest BCUT2D eigenvalue weighted by Gasteiger charge is -2.31. The van der Waals surface area contributed by atoms with Gasteiger partial charge in [0.2, 0.25) is 11.8 Å². The SMILES string of the molecule is COc1cc2oc(=O)cc(C)c2cc1CCC(=O)N1CCC(C(=O)NCc2cn(-c3cc(Cl)c(Cl)cc3Cl)nn2)CC1. The number of hydrogen-bond donors (Lipinski definition) is 1. The second kappa shape index (κ2) is 12.7. The Kier molecular flexibility index (Phi) is 9.05. The lowest BCUT2D eigenvalue weighted by Crippen LogP contribution is -2.43. The van der Waals surface area contributed by atoms with E-state index >= 15 is 0 Å². The van der Waals surface area contributed by atoms with E-state index in [0.717, 1.165) is 16.5 Å². The number of rotatable bonds is 8. The third kappa shape index (κ3) is 6.56. The number of nitrogens with one attached hydrogen (secondary N) is 1. The van der Waals surface area contributed by atoms with Gasteiger partial charge in [0, 0.05) is 42.9 Å². The van der Waals surface area contributed by atoms with Gasteiger partial charge in [-0.2, -0.15) is 0 Å². The van der Waals surface area contributed by atoms with Crippen molar-refractivity contribution in [3.05, 3.63) is 78.8 Å². The van der Waals surface area contributed by atoms with Gasteiger partial charge in [0.1, 0.15) is 17.0 Å². The number of aryl methyl sites for hydroxylation is 2. The Labute approximate surface area is 256 Å². The normalized spacial score (nSPS) is 13.9. The lowest BCUT2D eigenvalue weighted by atomic mass is 9.95. The van der Waals surface area contributed by atoms with Gasteiger partial charge < -0.3 is 19.4 Å². The fourth-order valence-corrected chi connectivity index (χ4v) is 5.70. The molecule has 42 heavy (non-hydrogen) atoms. The summed E-state index contributed by atoms with van der Waals surface area (Å²) in [5.74, 6) is 0.295. The molecular formula is C29H28Cl3N5O5. The van der Waals surface area contributed by atoms with Crippen LogP contribution in [0.25, 0.3) is 16.7 Å². The molecule has 2 aromatic carbocycles. The molecule has 1 saturated heterocycles. The fraction of sp³-hybridized carbons (Fsp3) is 0.345. The van der Waals surface area contributed by atoms with Crippen LogP contribution in [0.15, 0.2) is 45.7 Å². The van der Waals surface area contributed by atoms with E-state index in [2.05, 4.69) is 15.6 Å². The Morgan fingerprint density at radius 1 is 1.07 bits per heavy atom. The van der Waals surface area contributed by atoms with Crippen LogP contribution in [0.2, 0.25) is 15.1 Å². The van der Waals surface area contributed by atoms with E-state index in [-0.39, 0.29) is 24.3 Å². The van der Waals surface area contributed by atoms with Crippen LogP contribution in [0, 0.1) is 12.8 Å². The van der Waals surface area contributed by atoms with Crippen LogP contribution in [0.3, 0.4) is 0 Å². The third-order valence-electron chi connectivity index (χ3n) is 7.40. The highest BCUT2D eigenvalue weighted by Crippen LogP contribution is 2.31. The number of benzene rings is 2. The molecule has 5 rings (SSSR count). The molecule has 0 unspecified atom stereocenters. The molecule has 1 fully saturated rings. The molecule has 0 atom stereocenters. The first-order valence-electron chi connectivity index (χ1n) is 13.4. The summed E-state index contributed by atoms with van der Waals surface area (Å²) in [6.45, 7) is 3.05. The van der Waals surface area contributed by atoms with Crippen LogP contribution < -0.4 is 15.7 Å². The maximum atomic E-state index is 13.0. The predicted molar refractivity (Wildman–Crippen MR) is 160 cm³/mol. The average Bonchev–Trinajstić information content (AvgIpc) is 3.45. The van der Waals surface area contributed by atoms with Crippen molar-refractivity contribution in [2.24, 2.45) is 5.92 Å². The number of aromatic nitrogens is 3. The Hall–Kier alpha value is -3.60. The zero-order chi connectivity index (χ0) is 30.0. The molecular weight excluding hydrogens is 605 g/mol. The van der Waals surface area contributed by atoms with Gasteiger partial charge >= 0.3 is 5.63 Å². The summed E-state index contributed by atoms with van der Waals surface area (Å²) >= 11 is 18.3. The maximum absolute atomic E-state index is 13.0. The van der Waals surface area contributed by atoms with Crippen LogP contribution >= 0.6 is 34.8 Å². The molecule has 0 radical (unpaired) electrons. The predicted octanol–water partition coefficient (Wildman–Crippen LogP) is 5.14. The Balaban J connectivity index is 1.11. The van der Waals surface area contributed by atoms with E-state index in [9.17, 15) is 14.4 Å². The number of nitrogens with zero attached hydrogens (tertiary/aromatic N) is 4. The minimum Gasteiger partial charge on any atom is -0.496 e. The number of hydrogen-bond acceptors (Lipinski definition) is 7. The molecule has 0 bridgehead atoms. The molecule has 2 aromatic heterocycles. The number of piperidine rings is 1. The van der Waals surface area contributed by atoms with Crippen LogP contribution in [0.1, 0.15) is 36.1 Å². The number of likely N-dealkylation sites (tertiary alicyclic amines) is 1. The number of halogens is 3. The van der Waals surface area contributed by atoms with Crippen LogP contribution in [-0.2, 0) is 22.6 Å². The highest BCUT2D eigenvalue weighted by Gasteiger charge is 2.27. The summed E-state index contributed by atoms with van der Waals surface area (Å²) < 4.78 is 12.3. The molecule has 0 aliphatic carbocycles. The Morgan fingerprint density at radius 2 is 1.81 bits per heavy atom. The summed E-state index contributed by atoms with van der Waals surface area (Å²) in [7, 11) is 1.55. The molecule has 220 valence electrons. The summed E-state index contributed by atoms with van der Waals surface area (Å²) in [5.41, 5.74) is 2.78. The van der Waals surface area contributed by atoms with Gasteiger partial charge in [-0.15, -0.1) is 5.10 Å². The van der Waals surface area contributed by atoms with Gasteiger partial charge in [0.25, 0.3) is 0 Å². The monoisotopic (exact) mass is 631 g/mol. The second-order valence-corrected chi connectivity index (χ2v) is 11.4. The van der Waals surface area contributed by atoms with Crippen molar-refractivity contribution in [3.63, 3.8) is 0 Å². The van der Waals surface area contributed by atoms with E-state index in [1.807, 2.05) is 13.0 Å². The van der Waals surface area contributed by atoms with E-state index in [0.29, 0.717) is 76.6 Å². The van der Waals surface area contributed by atoms with Crippen molar-refractivity contribution in [2.75, 3.05) is 20.2 Å². The zero-order valence-corrected chi connectivity index (χ0v) is 25.2. The molecule has 1 aliphatic rings. The van der Waals surface area contributed by atoms with Gasteiger partial charge in [-0.3, -0.25) is 9.59 Å². The van der Waals surface area contributed by atoms with Gasteiger partial charge in [-0.25, -0.2) is 9.48 Å². The summed E-state index contributed by atoms with van der Waals surface area (Å²) in [4.78, 5) is 39.4. The summed E-state index contributed by atoms with van der Waals surface area (Å²) in [5, 5.41) is 12.9. The topological polar surface area (TPSA) is 120 Å². The molecule has 0 spiro atoms. The van der Waals surface area contributed by atoms with Crippen molar-refractivity contribution in [2.45, 2.75) is 39.2 Å². The Morgan fingerprint density at radius 3 is 2.55 bits per heavy atom. The molecule has 0 saturated carbocycles. The molecule has 3 heterocycles. The molecule has 4 aromatic rings. The van der Waals surface area contributed by atoms with E-state index < -0.39 is 5.63 Å². The van der Waals surface area contributed by atoms with Gasteiger partial charge in [-0.1, -0.05) is 40.0 Å². The minimum atomic E-state index is -0.417. The van der Waals surface area contributed by atoms with E-state index in [1.54, 1.807) is 30.3 Å². The van der Waals surface area contributed by atoms with Crippen LogP contribution in [0.5, 0.6) is 5.75 Å². The Bertz CT molecular complexity index is 1710. The average molecular weight is 633 g/mol. The molecule has 10 nitrogen and oxygen atoms in total. The number of amides is 2. The number of methoxy groups -OCH3 is 1. The largest absolute Gasteiger partial charge is 0.496 e. The first-order valence-corrected chi connectivity index (χ1v) is 14.5. The highest BCUT2D eigenvalue weighted by molar-refractivity contribution is 6.43. The first-order chi connectivity index (χ1) is 20.1. The lowest BCUT2D eigenvalue weighted by molar-refractivity contribution is -0.135. The van der Waals surface area contributed by atoms with Gasteiger partial charge in [-0.05, 0) is 55.5 Å². The van der Waals surface area contributed by atoms with Crippen molar-refractivity contribution >= 4 is 57.6 Å². The van der Waals surface area contributed by atoms with Gasteiger partial charge in [0.15, 0.2) is 0 Å². The summed E-state index contributed by atoms with van der Waals surface area (Å²) in [6, 6.07) is 8.17. The third-order valence-corrected chi connectivity index (χ3v) is 8.43. The maximum Gasteiger partial charge on any atom is 0.336 e. The fourth-order valence-electron chi connectivity index (χ4n) is 5.07. The molecule has 13 heteroatoms. The first kappa shape index (κ1) is 29.9. The minimum absolute atomic E-state index is 0.0184. The second-order valence-electron chi connectivity index (χ2n) is 10.2.